The summed E-state index contributed by atoms with van der Waals surface area (Å²) < 4.78 is 0. The van der Waals surface area contributed by atoms with E-state index in [1.54, 1.807) is 0 Å². The van der Waals surface area contributed by atoms with Crippen LogP contribution in [0.3, 0.4) is 0 Å². The van der Waals surface area contributed by atoms with Gasteiger partial charge in [-0.15, -0.1) is 0 Å². The fourth-order valence-corrected chi connectivity index (χ4v) is 1.81. The molecule has 1 heterocycles. The molecule has 9 heavy (non-hydrogen) atoms. The van der Waals surface area contributed by atoms with Gasteiger partial charge in [0.05, 0.1) is 0 Å². The van der Waals surface area contributed by atoms with Crippen LogP contribution in [0.15, 0.2) is 0 Å². The van der Waals surface area contributed by atoms with E-state index in [-0.39, 0.29) is 0 Å². The van der Waals surface area contributed by atoms with Crippen molar-refractivity contribution in [2.75, 3.05) is 24.6 Å². The summed E-state index contributed by atoms with van der Waals surface area (Å²) in [6, 6.07) is 0. The molecule has 0 amide bonds. The number of aliphatic hydroxyl groups is 1. The van der Waals surface area contributed by atoms with Crippen LogP contribution in [0.1, 0.15) is 0 Å². The van der Waals surface area contributed by atoms with Gasteiger partial charge in [0.1, 0.15) is 6.23 Å². The van der Waals surface area contributed by atoms with E-state index in [0.29, 0.717) is 0 Å². The zero-order valence-corrected chi connectivity index (χ0v) is 6.23. The molecule has 1 saturated heterocycles. The van der Waals surface area contributed by atoms with Gasteiger partial charge in [-0.05, 0) is 6.92 Å². The lowest BCUT2D eigenvalue weighted by molar-refractivity contribution is 0.0476. The van der Waals surface area contributed by atoms with Gasteiger partial charge in [-0.1, -0.05) is 0 Å². The van der Waals surface area contributed by atoms with Crippen LogP contribution in [-0.2, 0) is 0 Å². The molecule has 1 atom stereocenters. The van der Waals surface area contributed by atoms with Crippen LogP contribution in [0.25, 0.3) is 0 Å². The second-order valence-electron chi connectivity index (χ2n) is 2.13. The Bertz CT molecular complexity index is 81.1. The second kappa shape index (κ2) is 3.44. The Balaban J connectivity index is 2.23. The Kier molecular flexibility index (Phi) is 2.82. The predicted octanol–water partition coefficient (Wildman–Crippen LogP) is 0.188. The average molecular weight is 146 g/mol. The summed E-state index contributed by atoms with van der Waals surface area (Å²) in [5, 5.41) is 8.98. The van der Waals surface area contributed by atoms with Crippen LogP contribution >= 0.6 is 11.8 Å². The Labute approximate surface area is 60.2 Å². The largest absolute Gasteiger partial charge is 0.378 e. The molecule has 0 aromatic rings. The third-order valence-corrected chi connectivity index (χ3v) is 2.41. The van der Waals surface area contributed by atoms with E-state index in [1.807, 2.05) is 16.7 Å². The van der Waals surface area contributed by atoms with Crippen molar-refractivity contribution in [2.45, 2.75) is 6.23 Å². The molecule has 53 valence electrons. The molecule has 1 rings (SSSR count). The first-order chi connectivity index (χ1) is 4.30. The van der Waals surface area contributed by atoms with E-state index in [4.69, 9.17) is 5.11 Å². The first-order valence-corrected chi connectivity index (χ1v) is 4.29. The number of rotatable bonds is 1. The van der Waals surface area contributed by atoms with Gasteiger partial charge in [-0.25, -0.2) is 0 Å². The summed E-state index contributed by atoms with van der Waals surface area (Å²) in [4.78, 5) is 1.98. The van der Waals surface area contributed by atoms with Gasteiger partial charge in [0.2, 0.25) is 0 Å². The highest BCUT2D eigenvalue weighted by molar-refractivity contribution is 7.99. The van der Waals surface area contributed by atoms with Gasteiger partial charge >= 0.3 is 0 Å². The van der Waals surface area contributed by atoms with Gasteiger partial charge in [0, 0.05) is 24.6 Å². The highest BCUT2D eigenvalue weighted by Crippen LogP contribution is 2.09. The Morgan fingerprint density at radius 2 is 2.00 bits per heavy atom. The van der Waals surface area contributed by atoms with Crippen molar-refractivity contribution < 1.29 is 5.11 Å². The van der Waals surface area contributed by atoms with Crippen molar-refractivity contribution in [3.05, 3.63) is 6.92 Å². The minimum Gasteiger partial charge on any atom is -0.378 e. The van der Waals surface area contributed by atoms with E-state index >= 15 is 0 Å². The first kappa shape index (κ1) is 7.38. The molecule has 0 saturated carbocycles. The fourth-order valence-electron chi connectivity index (χ4n) is 0.876. The van der Waals surface area contributed by atoms with Crippen LogP contribution < -0.4 is 0 Å². The summed E-state index contributed by atoms with van der Waals surface area (Å²) >= 11 is 1.94. The molecule has 1 N–H and O–H groups in total. The zero-order valence-electron chi connectivity index (χ0n) is 5.42. The van der Waals surface area contributed by atoms with E-state index in [2.05, 4.69) is 6.92 Å². The normalized spacial score (nSPS) is 26.0. The molecule has 3 heteroatoms. The maximum Gasteiger partial charge on any atom is 0.107 e. The van der Waals surface area contributed by atoms with Crippen LogP contribution in [0, 0.1) is 6.92 Å². The van der Waals surface area contributed by atoms with Crippen molar-refractivity contribution in [2.24, 2.45) is 0 Å². The molecule has 0 aliphatic carbocycles. The summed E-state index contributed by atoms with van der Waals surface area (Å²) in [7, 11) is 0. The van der Waals surface area contributed by atoms with Crippen molar-refractivity contribution in [3.8, 4) is 0 Å². The smallest absolute Gasteiger partial charge is 0.107 e. The van der Waals surface area contributed by atoms with Crippen LogP contribution in [0.4, 0.5) is 0 Å². The number of nitrogens with zero attached hydrogens (tertiary/aromatic N) is 1. The molecular weight excluding hydrogens is 134 g/mol. The van der Waals surface area contributed by atoms with Crippen molar-refractivity contribution in [3.63, 3.8) is 0 Å². The predicted molar refractivity (Wildman–Crippen MR) is 40.3 cm³/mol. The average Bonchev–Trinajstić information content (AvgIpc) is 1.90. The Morgan fingerprint density at radius 1 is 1.44 bits per heavy atom. The molecule has 1 aliphatic heterocycles. The minimum absolute atomic E-state index is 0.495. The SMILES string of the molecule is [CH2]C(O)N1CCSCC1. The summed E-state index contributed by atoms with van der Waals surface area (Å²) in [5.74, 6) is 2.26. The lowest BCUT2D eigenvalue weighted by Gasteiger charge is -2.28. The van der Waals surface area contributed by atoms with Crippen LogP contribution in [-0.4, -0.2) is 40.8 Å². The van der Waals surface area contributed by atoms with Gasteiger partial charge in [0.15, 0.2) is 0 Å². The fraction of sp³-hybridized carbons (Fsp3) is 0.833. The van der Waals surface area contributed by atoms with Crippen LogP contribution in [0.5, 0.6) is 0 Å². The Morgan fingerprint density at radius 3 is 2.33 bits per heavy atom. The van der Waals surface area contributed by atoms with Crippen LogP contribution in [0.2, 0.25) is 0 Å². The molecule has 2 nitrogen and oxygen atoms in total. The van der Waals surface area contributed by atoms with E-state index < -0.39 is 6.23 Å². The summed E-state index contributed by atoms with van der Waals surface area (Å²) in [6.45, 7) is 5.50. The maximum absolute atomic E-state index is 8.98. The molecular formula is C6H12NOS. The van der Waals surface area contributed by atoms with Gasteiger partial charge in [0.25, 0.3) is 0 Å². The molecule has 1 fully saturated rings. The zero-order chi connectivity index (χ0) is 6.69. The molecule has 0 aromatic heterocycles. The van der Waals surface area contributed by atoms with Crippen molar-refractivity contribution in [1.82, 2.24) is 4.90 Å². The molecule has 0 aromatic carbocycles. The highest BCUT2D eigenvalue weighted by Gasteiger charge is 2.13. The summed E-state index contributed by atoms with van der Waals surface area (Å²) in [5.41, 5.74) is 0. The minimum atomic E-state index is -0.495. The lowest BCUT2D eigenvalue weighted by atomic mass is 10.4. The molecule has 1 aliphatic rings. The standard InChI is InChI=1S/C6H12NOS/c1-6(8)7-2-4-9-5-3-7/h6,8H,1-5H2. The first-order valence-electron chi connectivity index (χ1n) is 3.13. The number of aliphatic hydroxyl groups excluding tert-OH is 1. The monoisotopic (exact) mass is 146 g/mol. The van der Waals surface area contributed by atoms with Gasteiger partial charge in [-0.3, -0.25) is 4.90 Å². The van der Waals surface area contributed by atoms with Crippen molar-refractivity contribution >= 4 is 11.8 Å². The number of hydrogen-bond donors (Lipinski definition) is 1. The van der Waals surface area contributed by atoms with E-state index in [9.17, 15) is 0 Å². The molecule has 1 unspecified atom stereocenters. The van der Waals surface area contributed by atoms with Gasteiger partial charge in [-0.2, -0.15) is 11.8 Å². The molecule has 0 spiro atoms. The lowest BCUT2D eigenvalue weighted by Crippen LogP contribution is -2.39. The van der Waals surface area contributed by atoms with Gasteiger partial charge < -0.3 is 5.11 Å². The van der Waals surface area contributed by atoms with Crippen molar-refractivity contribution in [1.29, 1.82) is 0 Å². The third kappa shape index (κ3) is 2.16. The van der Waals surface area contributed by atoms with E-state index in [1.165, 1.54) is 0 Å². The van der Waals surface area contributed by atoms with E-state index in [0.717, 1.165) is 24.6 Å². The Hall–Kier alpha value is 0.270. The maximum atomic E-state index is 8.98. The second-order valence-corrected chi connectivity index (χ2v) is 3.35. The number of hydrogen-bond acceptors (Lipinski definition) is 3. The molecule has 1 radical (unpaired) electrons. The summed E-state index contributed by atoms with van der Waals surface area (Å²) in [6.07, 6.45) is -0.495. The third-order valence-electron chi connectivity index (χ3n) is 1.47. The molecule has 0 bridgehead atoms. The number of thioether (sulfide) groups is 1. The quantitative estimate of drug-likeness (QED) is 0.571. The highest BCUT2D eigenvalue weighted by atomic mass is 32.2. The topological polar surface area (TPSA) is 23.5 Å².